The standard InChI is InChI=1S/C12H16O2/c1-5-10-7(2)6-8(3)11(9(4)13)12(10)14/h6,14H,5H2,1-4H3. The Morgan fingerprint density at radius 3 is 2.36 bits per heavy atom. The molecular formula is C12H16O2. The molecule has 1 N–H and O–H groups in total. The molecule has 0 heterocycles. The zero-order chi connectivity index (χ0) is 10.9. The minimum absolute atomic E-state index is 0.0744. The lowest BCUT2D eigenvalue weighted by Gasteiger charge is -2.12. The van der Waals surface area contributed by atoms with E-state index in [9.17, 15) is 9.90 Å². The van der Waals surface area contributed by atoms with Crippen LogP contribution in [0.3, 0.4) is 0 Å². The van der Waals surface area contributed by atoms with Crippen molar-refractivity contribution in [2.24, 2.45) is 0 Å². The zero-order valence-corrected chi connectivity index (χ0v) is 9.14. The van der Waals surface area contributed by atoms with E-state index < -0.39 is 0 Å². The van der Waals surface area contributed by atoms with Crippen molar-refractivity contribution in [2.75, 3.05) is 0 Å². The van der Waals surface area contributed by atoms with Gasteiger partial charge >= 0.3 is 0 Å². The second-order valence-corrected chi connectivity index (χ2v) is 3.62. The highest BCUT2D eigenvalue weighted by Gasteiger charge is 2.15. The summed E-state index contributed by atoms with van der Waals surface area (Å²) in [7, 11) is 0. The van der Waals surface area contributed by atoms with Gasteiger partial charge in [0.15, 0.2) is 5.78 Å². The number of phenols is 1. The molecule has 0 amide bonds. The zero-order valence-electron chi connectivity index (χ0n) is 9.14. The van der Waals surface area contributed by atoms with Gasteiger partial charge in [-0.3, -0.25) is 4.79 Å². The van der Waals surface area contributed by atoms with Crippen LogP contribution in [-0.2, 0) is 6.42 Å². The number of rotatable bonds is 2. The van der Waals surface area contributed by atoms with Gasteiger partial charge in [0.2, 0.25) is 0 Å². The average molecular weight is 192 g/mol. The van der Waals surface area contributed by atoms with E-state index in [-0.39, 0.29) is 11.5 Å². The Morgan fingerprint density at radius 1 is 1.36 bits per heavy atom. The molecule has 0 aliphatic heterocycles. The number of carbonyl (C=O) groups is 1. The van der Waals surface area contributed by atoms with Crippen LogP contribution in [0.2, 0.25) is 0 Å². The Kier molecular flexibility index (Phi) is 2.94. The molecule has 1 rings (SSSR count). The molecule has 0 radical (unpaired) electrons. The predicted molar refractivity (Wildman–Crippen MR) is 57.0 cm³/mol. The molecule has 0 bridgehead atoms. The maximum Gasteiger partial charge on any atom is 0.163 e. The Balaban J connectivity index is 3.52. The second kappa shape index (κ2) is 3.82. The summed E-state index contributed by atoms with van der Waals surface area (Å²) in [6.07, 6.45) is 0.748. The summed E-state index contributed by atoms with van der Waals surface area (Å²) in [5, 5.41) is 9.90. The van der Waals surface area contributed by atoms with Crippen molar-refractivity contribution in [1.29, 1.82) is 0 Å². The van der Waals surface area contributed by atoms with Crippen molar-refractivity contribution in [1.82, 2.24) is 0 Å². The van der Waals surface area contributed by atoms with Crippen LogP contribution < -0.4 is 0 Å². The first-order chi connectivity index (χ1) is 6.49. The first-order valence-corrected chi connectivity index (χ1v) is 4.82. The summed E-state index contributed by atoms with van der Waals surface area (Å²) in [5.41, 5.74) is 3.24. The maximum atomic E-state index is 11.3. The largest absolute Gasteiger partial charge is 0.507 e. The number of benzene rings is 1. The van der Waals surface area contributed by atoms with Crippen molar-refractivity contribution in [3.63, 3.8) is 0 Å². The minimum Gasteiger partial charge on any atom is -0.507 e. The van der Waals surface area contributed by atoms with Crippen LogP contribution in [0.25, 0.3) is 0 Å². The molecule has 0 aromatic heterocycles. The average Bonchev–Trinajstić information content (AvgIpc) is 2.02. The monoisotopic (exact) mass is 192 g/mol. The molecule has 2 nitrogen and oxygen atoms in total. The number of aryl methyl sites for hydroxylation is 2. The van der Waals surface area contributed by atoms with Gasteiger partial charge in [0, 0.05) is 0 Å². The lowest BCUT2D eigenvalue weighted by atomic mass is 9.95. The highest BCUT2D eigenvalue weighted by atomic mass is 16.3. The van der Waals surface area contributed by atoms with Crippen molar-refractivity contribution in [2.45, 2.75) is 34.1 Å². The van der Waals surface area contributed by atoms with Crippen LogP contribution in [0.5, 0.6) is 5.75 Å². The van der Waals surface area contributed by atoms with Gasteiger partial charge < -0.3 is 5.11 Å². The van der Waals surface area contributed by atoms with Crippen LogP contribution in [0.15, 0.2) is 6.07 Å². The molecule has 1 aromatic carbocycles. The van der Waals surface area contributed by atoms with Crippen LogP contribution in [-0.4, -0.2) is 10.9 Å². The summed E-state index contributed by atoms with van der Waals surface area (Å²) >= 11 is 0. The second-order valence-electron chi connectivity index (χ2n) is 3.62. The molecule has 1 aromatic rings. The maximum absolute atomic E-state index is 11.3. The fourth-order valence-corrected chi connectivity index (χ4v) is 1.90. The van der Waals surface area contributed by atoms with Crippen LogP contribution in [0.4, 0.5) is 0 Å². The third-order valence-electron chi connectivity index (χ3n) is 2.53. The van der Waals surface area contributed by atoms with Crippen molar-refractivity contribution >= 4 is 5.78 Å². The third kappa shape index (κ3) is 1.65. The van der Waals surface area contributed by atoms with Gasteiger partial charge in [-0.05, 0) is 43.9 Å². The normalized spacial score (nSPS) is 10.3. The van der Waals surface area contributed by atoms with Crippen LogP contribution in [0, 0.1) is 13.8 Å². The lowest BCUT2D eigenvalue weighted by molar-refractivity contribution is 0.101. The Bertz CT molecular complexity index is 378. The molecule has 2 heteroatoms. The Hall–Kier alpha value is -1.31. The molecule has 76 valence electrons. The number of carbonyl (C=O) groups excluding carboxylic acids is 1. The molecule has 0 spiro atoms. The molecular weight excluding hydrogens is 176 g/mol. The Labute approximate surface area is 84.6 Å². The van der Waals surface area contributed by atoms with Crippen LogP contribution >= 0.6 is 0 Å². The summed E-state index contributed by atoms with van der Waals surface area (Å²) in [6, 6.07) is 1.95. The highest BCUT2D eigenvalue weighted by molar-refractivity contribution is 5.98. The van der Waals surface area contributed by atoms with Gasteiger partial charge in [0.25, 0.3) is 0 Å². The summed E-state index contributed by atoms with van der Waals surface area (Å²) in [4.78, 5) is 11.3. The summed E-state index contributed by atoms with van der Waals surface area (Å²) in [5.74, 6) is 0.0900. The van der Waals surface area contributed by atoms with Gasteiger partial charge in [-0.15, -0.1) is 0 Å². The van der Waals surface area contributed by atoms with E-state index in [2.05, 4.69) is 0 Å². The van der Waals surface area contributed by atoms with E-state index in [0.29, 0.717) is 5.56 Å². The van der Waals surface area contributed by atoms with Gasteiger partial charge in [-0.25, -0.2) is 0 Å². The van der Waals surface area contributed by atoms with Gasteiger partial charge in [0.1, 0.15) is 5.75 Å². The smallest absolute Gasteiger partial charge is 0.163 e. The van der Waals surface area contributed by atoms with E-state index in [1.54, 1.807) is 0 Å². The Morgan fingerprint density at radius 2 is 1.93 bits per heavy atom. The van der Waals surface area contributed by atoms with Crippen molar-refractivity contribution < 1.29 is 9.90 Å². The van der Waals surface area contributed by atoms with E-state index in [0.717, 1.165) is 23.1 Å². The van der Waals surface area contributed by atoms with E-state index >= 15 is 0 Å². The fraction of sp³-hybridized carbons (Fsp3) is 0.417. The van der Waals surface area contributed by atoms with E-state index in [1.165, 1.54) is 6.92 Å². The number of ketones is 1. The first kappa shape index (κ1) is 10.8. The molecule has 0 aliphatic carbocycles. The topological polar surface area (TPSA) is 37.3 Å². The fourth-order valence-electron chi connectivity index (χ4n) is 1.90. The highest BCUT2D eigenvalue weighted by Crippen LogP contribution is 2.29. The number of phenolic OH excluding ortho intramolecular Hbond substituents is 1. The van der Waals surface area contributed by atoms with Gasteiger partial charge in [-0.1, -0.05) is 13.0 Å². The van der Waals surface area contributed by atoms with E-state index in [1.807, 2.05) is 26.8 Å². The number of aromatic hydroxyl groups is 1. The molecule has 0 aliphatic rings. The van der Waals surface area contributed by atoms with Gasteiger partial charge in [-0.2, -0.15) is 0 Å². The lowest BCUT2D eigenvalue weighted by Crippen LogP contribution is -2.01. The van der Waals surface area contributed by atoms with E-state index in [4.69, 9.17) is 0 Å². The number of hydrogen-bond donors (Lipinski definition) is 1. The molecule has 0 atom stereocenters. The third-order valence-corrected chi connectivity index (χ3v) is 2.53. The number of hydrogen-bond acceptors (Lipinski definition) is 2. The van der Waals surface area contributed by atoms with Crippen LogP contribution in [0.1, 0.15) is 40.9 Å². The first-order valence-electron chi connectivity index (χ1n) is 4.82. The SMILES string of the molecule is CCc1c(C)cc(C)c(C(C)=O)c1O. The molecule has 0 unspecified atom stereocenters. The van der Waals surface area contributed by atoms with Gasteiger partial charge in [0.05, 0.1) is 5.56 Å². The quantitative estimate of drug-likeness (QED) is 0.731. The molecule has 0 fully saturated rings. The number of Topliss-reactive ketones (excluding diaryl/α,β-unsaturated/α-hetero) is 1. The van der Waals surface area contributed by atoms with Crippen molar-refractivity contribution in [3.05, 3.63) is 28.3 Å². The predicted octanol–water partition coefficient (Wildman–Crippen LogP) is 2.77. The van der Waals surface area contributed by atoms with Crippen molar-refractivity contribution in [3.8, 4) is 5.75 Å². The molecule has 0 saturated heterocycles. The molecule has 0 saturated carbocycles. The summed E-state index contributed by atoms with van der Waals surface area (Å²) < 4.78 is 0. The summed E-state index contributed by atoms with van der Waals surface area (Å²) in [6.45, 7) is 7.26. The molecule has 14 heavy (non-hydrogen) atoms. The minimum atomic E-state index is -0.0744.